The van der Waals surface area contributed by atoms with E-state index in [9.17, 15) is 8.42 Å². The van der Waals surface area contributed by atoms with Crippen molar-refractivity contribution in [1.29, 1.82) is 0 Å². The third kappa shape index (κ3) is 3.81. The molecule has 0 aliphatic carbocycles. The molecule has 0 bridgehead atoms. The van der Waals surface area contributed by atoms with E-state index < -0.39 is 10.0 Å². The SMILES string of the molecule is CCC1CCN(S(=O)(=O)Cc2ccc(CN)cc2)CC1. The van der Waals surface area contributed by atoms with Crippen molar-refractivity contribution in [3.63, 3.8) is 0 Å². The Morgan fingerprint density at radius 3 is 2.20 bits per heavy atom. The van der Waals surface area contributed by atoms with Crippen LogP contribution in [0.2, 0.25) is 0 Å². The van der Waals surface area contributed by atoms with Gasteiger partial charge in [-0.2, -0.15) is 0 Å². The number of hydrogen-bond acceptors (Lipinski definition) is 3. The topological polar surface area (TPSA) is 63.4 Å². The zero-order valence-electron chi connectivity index (χ0n) is 12.1. The molecule has 1 aliphatic heterocycles. The molecule has 0 radical (unpaired) electrons. The zero-order valence-corrected chi connectivity index (χ0v) is 12.9. The highest BCUT2D eigenvalue weighted by atomic mass is 32.2. The molecule has 1 aromatic rings. The van der Waals surface area contributed by atoms with Crippen LogP contribution in [0.1, 0.15) is 37.3 Å². The van der Waals surface area contributed by atoms with Gasteiger partial charge in [0.05, 0.1) is 5.75 Å². The fourth-order valence-electron chi connectivity index (χ4n) is 2.67. The van der Waals surface area contributed by atoms with E-state index in [2.05, 4.69) is 6.92 Å². The Kier molecular flexibility index (Phi) is 5.18. The third-order valence-corrected chi connectivity index (χ3v) is 6.00. The van der Waals surface area contributed by atoms with E-state index >= 15 is 0 Å². The summed E-state index contributed by atoms with van der Waals surface area (Å²) in [6, 6.07) is 7.51. The maximum atomic E-state index is 12.4. The van der Waals surface area contributed by atoms with Crippen molar-refractivity contribution in [2.24, 2.45) is 11.7 Å². The van der Waals surface area contributed by atoms with Crippen LogP contribution in [0.25, 0.3) is 0 Å². The van der Waals surface area contributed by atoms with Gasteiger partial charge in [0, 0.05) is 19.6 Å². The van der Waals surface area contributed by atoms with Gasteiger partial charge in [-0.15, -0.1) is 0 Å². The maximum Gasteiger partial charge on any atom is 0.218 e. The summed E-state index contributed by atoms with van der Waals surface area (Å²) >= 11 is 0. The van der Waals surface area contributed by atoms with Gasteiger partial charge in [0.25, 0.3) is 0 Å². The van der Waals surface area contributed by atoms with Gasteiger partial charge in [0.1, 0.15) is 0 Å². The monoisotopic (exact) mass is 296 g/mol. The second-order valence-corrected chi connectivity index (χ2v) is 7.50. The van der Waals surface area contributed by atoms with Gasteiger partial charge in [-0.3, -0.25) is 0 Å². The fourth-order valence-corrected chi connectivity index (χ4v) is 4.23. The number of nitrogens with zero attached hydrogens (tertiary/aromatic N) is 1. The second kappa shape index (κ2) is 6.70. The molecule has 0 unspecified atom stereocenters. The van der Waals surface area contributed by atoms with Crippen molar-refractivity contribution in [3.05, 3.63) is 35.4 Å². The third-order valence-electron chi connectivity index (χ3n) is 4.15. The lowest BCUT2D eigenvalue weighted by atomic mass is 9.96. The molecule has 20 heavy (non-hydrogen) atoms. The number of rotatable bonds is 5. The molecule has 0 aromatic heterocycles. The Morgan fingerprint density at radius 2 is 1.70 bits per heavy atom. The Bertz CT molecular complexity index is 517. The van der Waals surface area contributed by atoms with E-state index in [1.54, 1.807) is 4.31 Å². The lowest BCUT2D eigenvalue weighted by Gasteiger charge is -2.30. The van der Waals surface area contributed by atoms with E-state index in [-0.39, 0.29) is 5.75 Å². The van der Waals surface area contributed by atoms with Gasteiger partial charge in [-0.05, 0) is 29.9 Å². The van der Waals surface area contributed by atoms with Gasteiger partial charge in [0.15, 0.2) is 0 Å². The molecule has 0 atom stereocenters. The first-order valence-corrected chi connectivity index (χ1v) is 8.91. The number of nitrogens with two attached hydrogens (primary N) is 1. The molecule has 112 valence electrons. The van der Waals surface area contributed by atoms with E-state index in [1.165, 1.54) is 0 Å². The summed E-state index contributed by atoms with van der Waals surface area (Å²) in [5.74, 6) is 0.777. The van der Waals surface area contributed by atoms with Crippen molar-refractivity contribution in [2.45, 2.75) is 38.5 Å². The van der Waals surface area contributed by atoms with Crippen molar-refractivity contribution in [3.8, 4) is 0 Å². The van der Waals surface area contributed by atoms with E-state index in [1.807, 2.05) is 24.3 Å². The molecule has 1 aliphatic rings. The summed E-state index contributed by atoms with van der Waals surface area (Å²) in [5, 5.41) is 0. The molecule has 1 fully saturated rings. The first kappa shape index (κ1) is 15.5. The van der Waals surface area contributed by atoms with Crippen LogP contribution in [0.5, 0.6) is 0 Å². The summed E-state index contributed by atoms with van der Waals surface area (Å²) in [4.78, 5) is 0. The highest BCUT2D eigenvalue weighted by Gasteiger charge is 2.27. The normalized spacial score (nSPS) is 18.3. The number of sulfonamides is 1. The molecule has 1 aromatic carbocycles. The van der Waals surface area contributed by atoms with Crippen LogP contribution in [0.4, 0.5) is 0 Å². The minimum atomic E-state index is -3.19. The molecule has 0 amide bonds. The van der Waals surface area contributed by atoms with Crippen LogP contribution in [-0.4, -0.2) is 25.8 Å². The largest absolute Gasteiger partial charge is 0.326 e. The molecule has 1 saturated heterocycles. The van der Waals surface area contributed by atoms with E-state index in [0.717, 1.165) is 30.4 Å². The zero-order chi connectivity index (χ0) is 14.6. The lowest BCUT2D eigenvalue weighted by Crippen LogP contribution is -2.38. The van der Waals surface area contributed by atoms with Gasteiger partial charge < -0.3 is 5.73 Å². The van der Waals surface area contributed by atoms with E-state index in [4.69, 9.17) is 5.73 Å². The first-order chi connectivity index (χ1) is 9.55. The maximum absolute atomic E-state index is 12.4. The molecule has 2 rings (SSSR count). The molecular formula is C15H24N2O2S. The average Bonchev–Trinajstić information content (AvgIpc) is 2.48. The number of hydrogen-bond donors (Lipinski definition) is 1. The summed E-state index contributed by atoms with van der Waals surface area (Å²) in [6.07, 6.45) is 3.12. The van der Waals surface area contributed by atoms with Gasteiger partial charge in [-0.1, -0.05) is 37.6 Å². The molecule has 1 heterocycles. The Hall–Kier alpha value is -0.910. The minimum absolute atomic E-state index is 0.0919. The van der Waals surface area contributed by atoms with Gasteiger partial charge in [0.2, 0.25) is 10.0 Å². The molecule has 2 N–H and O–H groups in total. The van der Waals surface area contributed by atoms with Gasteiger partial charge >= 0.3 is 0 Å². The second-order valence-electron chi connectivity index (χ2n) is 5.53. The molecule has 0 spiro atoms. The van der Waals surface area contributed by atoms with Crippen LogP contribution >= 0.6 is 0 Å². The number of benzene rings is 1. The predicted molar refractivity (Wildman–Crippen MR) is 81.5 cm³/mol. The van der Waals surface area contributed by atoms with Crippen molar-refractivity contribution >= 4 is 10.0 Å². The minimum Gasteiger partial charge on any atom is -0.326 e. The smallest absolute Gasteiger partial charge is 0.218 e. The van der Waals surface area contributed by atoms with Crippen molar-refractivity contribution < 1.29 is 8.42 Å². The molecule has 0 saturated carbocycles. The van der Waals surface area contributed by atoms with Gasteiger partial charge in [-0.25, -0.2) is 12.7 Å². The highest BCUT2D eigenvalue weighted by molar-refractivity contribution is 7.88. The van der Waals surface area contributed by atoms with Crippen molar-refractivity contribution in [1.82, 2.24) is 4.31 Å². The van der Waals surface area contributed by atoms with Crippen LogP contribution in [0.15, 0.2) is 24.3 Å². The lowest BCUT2D eigenvalue weighted by molar-refractivity contribution is 0.269. The molecule has 4 nitrogen and oxygen atoms in total. The highest BCUT2D eigenvalue weighted by Crippen LogP contribution is 2.23. The van der Waals surface area contributed by atoms with Crippen molar-refractivity contribution in [2.75, 3.05) is 13.1 Å². The molecular weight excluding hydrogens is 272 g/mol. The van der Waals surface area contributed by atoms with Crippen LogP contribution in [-0.2, 0) is 22.3 Å². The van der Waals surface area contributed by atoms with Crippen LogP contribution < -0.4 is 5.73 Å². The summed E-state index contributed by atoms with van der Waals surface area (Å²) in [5.41, 5.74) is 7.40. The van der Waals surface area contributed by atoms with E-state index in [0.29, 0.717) is 25.6 Å². The van der Waals surface area contributed by atoms with Crippen LogP contribution in [0, 0.1) is 5.92 Å². The Balaban J connectivity index is 2.00. The Morgan fingerprint density at radius 1 is 1.15 bits per heavy atom. The first-order valence-electron chi connectivity index (χ1n) is 7.31. The Labute approximate surface area is 122 Å². The number of piperidine rings is 1. The summed E-state index contributed by atoms with van der Waals surface area (Å²) in [6.45, 7) is 3.99. The fraction of sp³-hybridized carbons (Fsp3) is 0.600. The standard InChI is InChI=1S/C15H24N2O2S/c1-2-13-7-9-17(10-8-13)20(18,19)12-15-5-3-14(11-16)4-6-15/h3-6,13H,2,7-12,16H2,1H3. The summed E-state index contributed by atoms with van der Waals surface area (Å²) < 4.78 is 26.5. The molecule has 5 heteroatoms. The average molecular weight is 296 g/mol. The quantitative estimate of drug-likeness (QED) is 0.905. The van der Waals surface area contributed by atoms with Crippen LogP contribution in [0.3, 0.4) is 0 Å². The predicted octanol–water partition coefficient (Wildman–Crippen LogP) is 2.10. The summed E-state index contributed by atoms with van der Waals surface area (Å²) in [7, 11) is -3.19.